The van der Waals surface area contributed by atoms with Crippen LogP contribution in [0, 0.1) is 5.92 Å². The summed E-state index contributed by atoms with van der Waals surface area (Å²) in [5.41, 5.74) is 0.975. The van der Waals surface area contributed by atoms with Gasteiger partial charge in [0.2, 0.25) is 11.8 Å². The van der Waals surface area contributed by atoms with E-state index in [1.165, 1.54) is 4.90 Å². The highest BCUT2D eigenvalue weighted by atomic mass is 32.2. The fraction of sp³-hybridized carbons (Fsp3) is 0.550. The topological polar surface area (TPSA) is 113 Å². The van der Waals surface area contributed by atoms with E-state index < -0.39 is 15.8 Å². The minimum absolute atomic E-state index is 0.0290. The Bertz CT molecular complexity index is 957. The molecule has 3 aliphatic heterocycles. The van der Waals surface area contributed by atoms with Crippen LogP contribution in [0.2, 0.25) is 0 Å². The van der Waals surface area contributed by atoms with Crippen molar-refractivity contribution in [2.75, 3.05) is 49.7 Å². The van der Waals surface area contributed by atoms with Gasteiger partial charge >= 0.3 is 0 Å². The third-order valence-electron chi connectivity index (χ3n) is 5.85. The van der Waals surface area contributed by atoms with E-state index in [1.54, 1.807) is 29.2 Å². The fourth-order valence-corrected chi connectivity index (χ4v) is 5.94. The molecule has 0 radical (unpaired) electrons. The summed E-state index contributed by atoms with van der Waals surface area (Å²) in [6.45, 7) is 2.31. The van der Waals surface area contributed by atoms with Crippen LogP contribution in [0.25, 0.3) is 0 Å². The van der Waals surface area contributed by atoms with E-state index in [0.29, 0.717) is 44.0 Å². The molecule has 4 rings (SSSR count). The molecule has 0 saturated carbocycles. The van der Waals surface area contributed by atoms with E-state index in [-0.39, 0.29) is 48.2 Å². The van der Waals surface area contributed by atoms with Crippen molar-refractivity contribution in [2.24, 2.45) is 5.92 Å². The van der Waals surface area contributed by atoms with Gasteiger partial charge in [0.1, 0.15) is 0 Å². The summed E-state index contributed by atoms with van der Waals surface area (Å²) in [5.74, 6) is -1.09. The quantitative estimate of drug-likeness (QED) is 0.720. The zero-order valence-corrected chi connectivity index (χ0v) is 17.4. The van der Waals surface area contributed by atoms with E-state index in [4.69, 9.17) is 4.74 Å². The summed E-state index contributed by atoms with van der Waals surface area (Å²) >= 11 is 0. The summed E-state index contributed by atoms with van der Waals surface area (Å²) in [4.78, 5) is 40.9. The average Bonchev–Trinajstić information content (AvgIpc) is 3.30. The first-order chi connectivity index (χ1) is 14.3. The van der Waals surface area contributed by atoms with Crippen LogP contribution < -0.4 is 5.32 Å². The Balaban J connectivity index is 1.38. The van der Waals surface area contributed by atoms with E-state index in [0.717, 1.165) is 0 Å². The molecule has 9 nitrogen and oxygen atoms in total. The van der Waals surface area contributed by atoms with Gasteiger partial charge in [0.15, 0.2) is 9.84 Å². The normalized spacial score (nSPS) is 26.1. The van der Waals surface area contributed by atoms with Gasteiger partial charge in [-0.2, -0.15) is 0 Å². The molecule has 0 aliphatic carbocycles. The Labute approximate surface area is 175 Å². The smallest absolute Gasteiger partial charge is 0.254 e. The van der Waals surface area contributed by atoms with Crippen molar-refractivity contribution < 1.29 is 27.5 Å². The lowest BCUT2D eigenvalue weighted by Crippen LogP contribution is -2.40. The van der Waals surface area contributed by atoms with Crippen molar-refractivity contribution in [1.82, 2.24) is 9.80 Å². The number of carbonyl (C=O) groups is 3. The number of sulfone groups is 1. The SMILES string of the molecule is O=C(Nc1cccc(C(=O)N2CCOCC2)c1)[C@H]1CC(=O)N([C@H]2CCS(=O)(=O)C2)C1. The van der Waals surface area contributed by atoms with Gasteiger partial charge in [-0.05, 0) is 24.6 Å². The number of morpholine rings is 1. The Morgan fingerprint density at radius 2 is 1.93 bits per heavy atom. The molecule has 10 heteroatoms. The monoisotopic (exact) mass is 435 g/mol. The number of benzene rings is 1. The molecule has 2 atom stereocenters. The van der Waals surface area contributed by atoms with Gasteiger partial charge in [-0.25, -0.2) is 8.42 Å². The van der Waals surface area contributed by atoms with Crippen molar-refractivity contribution in [3.8, 4) is 0 Å². The molecule has 1 aromatic carbocycles. The van der Waals surface area contributed by atoms with Gasteiger partial charge in [0.25, 0.3) is 5.91 Å². The van der Waals surface area contributed by atoms with Gasteiger partial charge in [-0.1, -0.05) is 6.07 Å². The third-order valence-corrected chi connectivity index (χ3v) is 7.60. The first-order valence-electron chi connectivity index (χ1n) is 10.1. The highest BCUT2D eigenvalue weighted by Crippen LogP contribution is 2.27. The zero-order chi connectivity index (χ0) is 21.3. The number of likely N-dealkylation sites (tertiary alicyclic amines) is 1. The van der Waals surface area contributed by atoms with Crippen LogP contribution in [0.5, 0.6) is 0 Å². The lowest BCUT2D eigenvalue weighted by Gasteiger charge is -2.27. The Hall–Kier alpha value is -2.46. The first kappa shape index (κ1) is 20.8. The van der Waals surface area contributed by atoms with Crippen LogP contribution in [-0.4, -0.2) is 86.3 Å². The summed E-state index contributed by atoms with van der Waals surface area (Å²) in [7, 11) is -3.10. The molecule has 3 heterocycles. The lowest BCUT2D eigenvalue weighted by molar-refractivity contribution is -0.129. The second-order valence-corrected chi connectivity index (χ2v) is 10.2. The molecule has 0 aromatic heterocycles. The highest BCUT2D eigenvalue weighted by molar-refractivity contribution is 7.91. The van der Waals surface area contributed by atoms with Crippen LogP contribution in [0.15, 0.2) is 24.3 Å². The molecule has 162 valence electrons. The molecule has 1 aromatic rings. The minimum Gasteiger partial charge on any atom is -0.378 e. The van der Waals surface area contributed by atoms with E-state index in [2.05, 4.69) is 5.32 Å². The molecule has 3 saturated heterocycles. The van der Waals surface area contributed by atoms with Crippen molar-refractivity contribution in [3.63, 3.8) is 0 Å². The number of hydrogen-bond donors (Lipinski definition) is 1. The Morgan fingerprint density at radius 1 is 1.17 bits per heavy atom. The fourth-order valence-electron chi connectivity index (χ4n) is 4.20. The van der Waals surface area contributed by atoms with Gasteiger partial charge in [-0.15, -0.1) is 0 Å². The lowest BCUT2D eigenvalue weighted by atomic mass is 10.1. The van der Waals surface area contributed by atoms with Crippen molar-refractivity contribution in [1.29, 1.82) is 0 Å². The average molecular weight is 436 g/mol. The molecule has 30 heavy (non-hydrogen) atoms. The predicted molar refractivity (Wildman–Crippen MR) is 109 cm³/mol. The zero-order valence-electron chi connectivity index (χ0n) is 16.6. The van der Waals surface area contributed by atoms with Crippen molar-refractivity contribution in [3.05, 3.63) is 29.8 Å². The molecule has 3 amide bonds. The third kappa shape index (κ3) is 4.49. The molecule has 0 bridgehead atoms. The molecular weight excluding hydrogens is 410 g/mol. The van der Waals surface area contributed by atoms with E-state index in [1.807, 2.05) is 0 Å². The summed E-state index contributed by atoms with van der Waals surface area (Å²) in [5, 5.41) is 2.80. The van der Waals surface area contributed by atoms with Crippen LogP contribution >= 0.6 is 0 Å². The van der Waals surface area contributed by atoms with Crippen molar-refractivity contribution in [2.45, 2.75) is 18.9 Å². The molecule has 0 unspecified atom stereocenters. The van der Waals surface area contributed by atoms with E-state index in [9.17, 15) is 22.8 Å². The molecule has 3 aliphatic rings. The maximum atomic E-state index is 12.7. The number of nitrogens with zero attached hydrogens (tertiary/aromatic N) is 2. The maximum Gasteiger partial charge on any atom is 0.254 e. The van der Waals surface area contributed by atoms with Gasteiger partial charge < -0.3 is 19.9 Å². The largest absolute Gasteiger partial charge is 0.378 e. The Morgan fingerprint density at radius 3 is 2.63 bits per heavy atom. The highest BCUT2D eigenvalue weighted by Gasteiger charge is 2.41. The first-order valence-corrected chi connectivity index (χ1v) is 11.9. The molecule has 1 N–H and O–H groups in total. The molecular formula is C20H25N3O6S. The summed E-state index contributed by atoms with van der Waals surface area (Å²) < 4.78 is 28.7. The van der Waals surface area contributed by atoms with Gasteiger partial charge in [-0.3, -0.25) is 14.4 Å². The summed E-state index contributed by atoms with van der Waals surface area (Å²) in [6, 6.07) is 6.41. The van der Waals surface area contributed by atoms with Gasteiger partial charge in [0, 0.05) is 43.3 Å². The van der Waals surface area contributed by atoms with Crippen LogP contribution in [0.3, 0.4) is 0 Å². The second-order valence-electron chi connectivity index (χ2n) is 7.98. The maximum absolute atomic E-state index is 12.7. The molecule has 3 fully saturated rings. The van der Waals surface area contributed by atoms with Crippen LogP contribution in [0.1, 0.15) is 23.2 Å². The second kappa shape index (κ2) is 8.35. The summed E-state index contributed by atoms with van der Waals surface area (Å²) in [6.07, 6.45) is 0.489. The standard InChI is InChI=1S/C20H25N3O6S/c24-18-11-15(12-23(18)17-4-9-30(27,28)13-17)19(25)21-16-3-1-2-14(10-16)20(26)22-5-7-29-8-6-22/h1-3,10,15,17H,4-9,11-13H2,(H,21,25)/t15-,17-/m0/s1. The number of nitrogens with one attached hydrogen (secondary N) is 1. The minimum atomic E-state index is -3.10. The molecule has 0 spiro atoms. The van der Waals surface area contributed by atoms with Crippen molar-refractivity contribution >= 4 is 33.2 Å². The predicted octanol–water partition coefficient (Wildman–Crippen LogP) is 0.133. The Kier molecular flexibility index (Phi) is 5.79. The van der Waals surface area contributed by atoms with Crippen LogP contribution in [-0.2, 0) is 24.2 Å². The number of anilines is 1. The number of carbonyl (C=O) groups excluding carboxylic acids is 3. The van der Waals surface area contributed by atoms with E-state index >= 15 is 0 Å². The number of hydrogen-bond acceptors (Lipinski definition) is 6. The van der Waals surface area contributed by atoms with Gasteiger partial charge in [0.05, 0.1) is 30.6 Å². The number of rotatable bonds is 4. The number of amides is 3. The number of ether oxygens (including phenoxy) is 1. The van der Waals surface area contributed by atoms with Crippen LogP contribution in [0.4, 0.5) is 5.69 Å².